The van der Waals surface area contributed by atoms with Crippen LogP contribution in [0.5, 0.6) is 0 Å². The lowest BCUT2D eigenvalue weighted by Gasteiger charge is -2.35. The molecule has 216 valence electrons. The summed E-state index contributed by atoms with van der Waals surface area (Å²) >= 11 is 4.85. The second-order valence-electron chi connectivity index (χ2n) is 9.75. The number of nitrogens with one attached hydrogen (secondary N) is 1. The number of benzene rings is 1. The van der Waals surface area contributed by atoms with Gasteiger partial charge in [-0.3, -0.25) is 14.7 Å². The molecule has 40 heavy (non-hydrogen) atoms. The van der Waals surface area contributed by atoms with E-state index in [1.54, 1.807) is 19.2 Å². The average molecular weight is 639 g/mol. The molecule has 0 aliphatic carbocycles. The first kappa shape index (κ1) is 30.3. The molecule has 3 atom stereocenters. The van der Waals surface area contributed by atoms with Gasteiger partial charge in [0.2, 0.25) is 0 Å². The fourth-order valence-electron chi connectivity index (χ4n) is 4.36. The first-order valence-corrected chi connectivity index (χ1v) is 14.7. The molecule has 1 aromatic heterocycles. The van der Waals surface area contributed by atoms with E-state index in [2.05, 4.69) is 31.1 Å². The van der Waals surface area contributed by atoms with E-state index in [0.717, 1.165) is 0 Å². The third kappa shape index (κ3) is 7.32. The third-order valence-electron chi connectivity index (χ3n) is 6.52. The number of rotatable bonds is 10. The Morgan fingerprint density at radius 3 is 2.83 bits per heavy atom. The SMILES string of the molecule is CCOC(=O)C1=C(CN2CCO[C@H](COC(=O)[C@H](N)C(C)C)C2)NC(c2nccs2)=NC1c1ccc(F)cc1Br. The molecule has 1 aromatic carbocycles. The topological polar surface area (TPSA) is 128 Å². The lowest BCUT2D eigenvalue weighted by molar-refractivity contribution is -0.153. The first-order chi connectivity index (χ1) is 19.2. The van der Waals surface area contributed by atoms with Crippen LogP contribution in [0.3, 0.4) is 0 Å². The number of carbonyl (C=O) groups excluding carboxylic acids is 2. The maximum absolute atomic E-state index is 14.0. The van der Waals surface area contributed by atoms with Crippen molar-refractivity contribution in [3.8, 4) is 0 Å². The van der Waals surface area contributed by atoms with E-state index in [1.807, 2.05) is 19.2 Å². The van der Waals surface area contributed by atoms with Crippen molar-refractivity contribution in [2.75, 3.05) is 39.5 Å². The maximum atomic E-state index is 14.0. The highest BCUT2D eigenvalue weighted by molar-refractivity contribution is 9.10. The summed E-state index contributed by atoms with van der Waals surface area (Å²) in [5.41, 5.74) is 7.44. The van der Waals surface area contributed by atoms with Gasteiger partial charge in [0, 0.05) is 41.4 Å². The summed E-state index contributed by atoms with van der Waals surface area (Å²) in [4.78, 5) is 36.9. The van der Waals surface area contributed by atoms with Gasteiger partial charge in [-0.25, -0.2) is 14.2 Å². The van der Waals surface area contributed by atoms with Gasteiger partial charge in [0.15, 0.2) is 10.8 Å². The molecule has 13 heteroatoms. The van der Waals surface area contributed by atoms with Crippen molar-refractivity contribution in [2.24, 2.45) is 16.6 Å². The van der Waals surface area contributed by atoms with Crippen molar-refractivity contribution in [3.05, 3.63) is 61.9 Å². The Labute approximate surface area is 244 Å². The summed E-state index contributed by atoms with van der Waals surface area (Å²) in [5, 5.41) is 5.81. The Morgan fingerprint density at radius 1 is 1.35 bits per heavy atom. The highest BCUT2D eigenvalue weighted by Gasteiger charge is 2.35. The fourth-order valence-corrected chi connectivity index (χ4v) is 5.51. The molecule has 10 nitrogen and oxygen atoms in total. The molecular weight excluding hydrogens is 605 g/mol. The van der Waals surface area contributed by atoms with E-state index >= 15 is 0 Å². The molecule has 3 heterocycles. The van der Waals surface area contributed by atoms with Crippen LogP contribution in [-0.4, -0.2) is 79.3 Å². The van der Waals surface area contributed by atoms with E-state index in [4.69, 9.17) is 24.9 Å². The maximum Gasteiger partial charge on any atom is 0.338 e. The van der Waals surface area contributed by atoms with Crippen molar-refractivity contribution in [1.29, 1.82) is 0 Å². The third-order valence-corrected chi connectivity index (χ3v) is 7.99. The Bertz CT molecular complexity index is 1270. The van der Waals surface area contributed by atoms with Crippen LogP contribution >= 0.6 is 27.3 Å². The van der Waals surface area contributed by atoms with Gasteiger partial charge in [-0.15, -0.1) is 11.3 Å². The van der Waals surface area contributed by atoms with Gasteiger partial charge in [0.25, 0.3) is 0 Å². The normalized spacial score (nSPS) is 20.6. The number of amidine groups is 1. The molecule has 2 aliphatic heterocycles. The van der Waals surface area contributed by atoms with E-state index in [1.165, 1.54) is 23.5 Å². The van der Waals surface area contributed by atoms with Gasteiger partial charge in [0.1, 0.15) is 30.6 Å². The van der Waals surface area contributed by atoms with Crippen molar-refractivity contribution in [2.45, 2.75) is 39.0 Å². The van der Waals surface area contributed by atoms with Gasteiger partial charge in [-0.05, 0) is 30.5 Å². The second-order valence-corrected chi connectivity index (χ2v) is 11.5. The smallest absolute Gasteiger partial charge is 0.338 e. The summed E-state index contributed by atoms with van der Waals surface area (Å²) in [7, 11) is 0. The minimum absolute atomic E-state index is 0.0373. The predicted molar refractivity (Wildman–Crippen MR) is 152 cm³/mol. The minimum Gasteiger partial charge on any atom is -0.463 e. The van der Waals surface area contributed by atoms with Gasteiger partial charge in [0.05, 0.1) is 18.8 Å². The lowest BCUT2D eigenvalue weighted by atomic mass is 9.95. The van der Waals surface area contributed by atoms with Crippen LogP contribution in [0.2, 0.25) is 0 Å². The van der Waals surface area contributed by atoms with E-state index < -0.39 is 29.8 Å². The van der Waals surface area contributed by atoms with Crippen molar-refractivity contribution >= 4 is 45.0 Å². The van der Waals surface area contributed by atoms with Crippen molar-refractivity contribution in [3.63, 3.8) is 0 Å². The van der Waals surface area contributed by atoms with Crippen LogP contribution in [0.4, 0.5) is 4.39 Å². The number of hydrogen-bond donors (Lipinski definition) is 2. The van der Waals surface area contributed by atoms with Crippen LogP contribution in [0, 0.1) is 11.7 Å². The number of morpholine rings is 1. The number of thiazole rings is 1. The van der Waals surface area contributed by atoms with E-state index in [9.17, 15) is 14.0 Å². The largest absolute Gasteiger partial charge is 0.463 e. The monoisotopic (exact) mass is 637 g/mol. The zero-order chi connectivity index (χ0) is 28.8. The molecule has 2 aromatic rings. The number of hydrogen-bond acceptors (Lipinski definition) is 11. The Hall–Kier alpha value is -2.71. The van der Waals surface area contributed by atoms with Crippen LogP contribution in [0.15, 0.2) is 50.5 Å². The standard InChI is InChI=1S/C27H33BrFN5O5S/c1-4-37-26(35)21-20(13-34-8-9-38-17(12-34)14-39-27(36)22(30)15(2)3)32-24(25-31-7-10-40-25)33-23(21)18-6-5-16(29)11-19(18)28/h5-7,10-11,15,17,22-23H,4,8-9,12-14,30H2,1-3H3,(H,32,33)/t17-,22+,23?/m0/s1. The number of halogens is 2. The number of esters is 2. The molecule has 4 rings (SSSR count). The number of aliphatic imine (C=N–C) groups is 1. The van der Waals surface area contributed by atoms with Crippen LogP contribution < -0.4 is 11.1 Å². The van der Waals surface area contributed by atoms with Crippen LogP contribution in [0.1, 0.15) is 37.4 Å². The summed E-state index contributed by atoms with van der Waals surface area (Å²) in [6, 6.07) is 2.82. The first-order valence-electron chi connectivity index (χ1n) is 13.0. The zero-order valence-corrected chi connectivity index (χ0v) is 25.0. The number of carbonyl (C=O) groups is 2. The average Bonchev–Trinajstić information content (AvgIpc) is 3.46. The highest BCUT2D eigenvalue weighted by Crippen LogP contribution is 2.37. The number of nitrogens with two attached hydrogens (primary N) is 1. The quantitative estimate of drug-likeness (QED) is 0.377. The summed E-state index contributed by atoms with van der Waals surface area (Å²) in [5.74, 6) is -0.932. The molecule has 0 bridgehead atoms. The molecule has 0 amide bonds. The second kappa shape index (κ2) is 13.8. The highest BCUT2D eigenvalue weighted by atomic mass is 79.9. The van der Waals surface area contributed by atoms with Gasteiger partial charge < -0.3 is 25.3 Å². The lowest BCUT2D eigenvalue weighted by Crippen LogP contribution is -2.48. The summed E-state index contributed by atoms with van der Waals surface area (Å²) < 4.78 is 31.1. The molecule has 2 aliphatic rings. The number of ether oxygens (including phenoxy) is 3. The predicted octanol–water partition coefficient (Wildman–Crippen LogP) is 3.18. The Balaban J connectivity index is 1.62. The molecule has 0 saturated carbocycles. The number of nitrogens with zero attached hydrogens (tertiary/aromatic N) is 3. The minimum atomic E-state index is -0.764. The molecule has 1 unspecified atom stereocenters. The Morgan fingerprint density at radius 2 is 2.15 bits per heavy atom. The van der Waals surface area contributed by atoms with Gasteiger partial charge in [-0.1, -0.05) is 35.8 Å². The Kier molecular flexibility index (Phi) is 10.4. The van der Waals surface area contributed by atoms with E-state index in [0.29, 0.717) is 58.4 Å². The summed E-state index contributed by atoms with van der Waals surface area (Å²) in [6.45, 7) is 7.51. The molecule has 3 N–H and O–H groups in total. The van der Waals surface area contributed by atoms with E-state index in [-0.39, 0.29) is 25.2 Å². The molecule has 0 spiro atoms. The molecule has 0 radical (unpaired) electrons. The van der Waals surface area contributed by atoms with Crippen molar-refractivity contribution in [1.82, 2.24) is 15.2 Å². The zero-order valence-electron chi connectivity index (χ0n) is 22.6. The van der Waals surface area contributed by atoms with Gasteiger partial charge in [-0.2, -0.15) is 0 Å². The van der Waals surface area contributed by atoms with Crippen LogP contribution in [0.25, 0.3) is 0 Å². The number of aromatic nitrogens is 1. The summed E-state index contributed by atoms with van der Waals surface area (Å²) in [6.07, 6.45) is 1.32. The van der Waals surface area contributed by atoms with Gasteiger partial charge >= 0.3 is 11.9 Å². The van der Waals surface area contributed by atoms with Crippen LogP contribution in [-0.2, 0) is 23.8 Å². The fraction of sp³-hybridized carbons (Fsp3) is 0.481. The molecule has 1 saturated heterocycles. The molecule has 1 fully saturated rings. The van der Waals surface area contributed by atoms with Crippen molar-refractivity contribution < 1.29 is 28.2 Å². The molecular formula is C27H33BrFN5O5S.